The zero-order valence-corrected chi connectivity index (χ0v) is 8.45. The third-order valence-corrected chi connectivity index (χ3v) is 1.70. The summed E-state index contributed by atoms with van der Waals surface area (Å²) >= 11 is 0. The highest BCUT2D eigenvalue weighted by molar-refractivity contribution is 5.90. The van der Waals surface area contributed by atoms with E-state index < -0.39 is 5.97 Å². The van der Waals surface area contributed by atoms with Gasteiger partial charge < -0.3 is 10.2 Å². The molecule has 2 N–H and O–H groups in total. The van der Waals surface area contributed by atoms with Gasteiger partial charge in [-0.2, -0.15) is 0 Å². The minimum absolute atomic E-state index is 0.0671. The lowest BCUT2D eigenvalue weighted by Crippen LogP contribution is -1.95. The summed E-state index contributed by atoms with van der Waals surface area (Å²) in [4.78, 5) is 14.0. The predicted octanol–water partition coefficient (Wildman–Crippen LogP) is 2.17. The lowest BCUT2D eigenvalue weighted by Gasteiger charge is -1.95. The number of hydrogen-bond acceptors (Lipinski definition) is 3. The number of nitrogens with zero attached hydrogens (tertiary/aromatic N) is 1. The summed E-state index contributed by atoms with van der Waals surface area (Å²) in [6.45, 7) is 0. The third kappa shape index (κ3) is 3.79. The van der Waals surface area contributed by atoms with Crippen LogP contribution in [0.2, 0.25) is 0 Å². The van der Waals surface area contributed by atoms with Crippen molar-refractivity contribution in [2.24, 2.45) is 0 Å². The maximum absolute atomic E-state index is 10.3. The third-order valence-electron chi connectivity index (χ3n) is 1.70. The molecule has 1 aromatic heterocycles. The largest absolute Gasteiger partial charge is 0.507 e. The van der Waals surface area contributed by atoms with Gasteiger partial charge in [-0.1, -0.05) is 18.2 Å². The molecule has 2 aromatic rings. The Labute approximate surface area is 92.8 Å². The topological polar surface area (TPSA) is 70.4 Å². The molecule has 1 aromatic carbocycles. The van der Waals surface area contributed by atoms with Gasteiger partial charge in [-0.15, -0.1) is 0 Å². The molecule has 0 radical (unpaired) electrons. The second-order valence-corrected chi connectivity index (χ2v) is 2.85. The SMILES string of the molecule is O=C(O)c1ccccc1O.c1ccncc1. The molecule has 0 aliphatic heterocycles. The van der Waals surface area contributed by atoms with E-state index in [4.69, 9.17) is 10.2 Å². The first-order chi connectivity index (χ1) is 7.72. The second kappa shape index (κ2) is 6.19. The van der Waals surface area contributed by atoms with Crippen LogP contribution >= 0.6 is 0 Å². The highest BCUT2D eigenvalue weighted by Crippen LogP contribution is 2.14. The van der Waals surface area contributed by atoms with Crippen LogP contribution in [0.4, 0.5) is 0 Å². The van der Waals surface area contributed by atoms with E-state index in [9.17, 15) is 4.79 Å². The van der Waals surface area contributed by atoms with E-state index in [0.717, 1.165) is 0 Å². The van der Waals surface area contributed by atoms with Crippen molar-refractivity contribution in [1.29, 1.82) is 0 Å². The molecule has 0 bridgehead atoms. The van der Waals surface area contributed by atoms with Crippen molar-refractivity contribution in [3.05, 3.63) is 60.4 Å². The molecule has 0 saturated heterocycles. The molecule has 4 nitrogen and oxygen atoms in total. The average Bonchev–Trinajstić information content (AvgIpc) is 2.32. The Hall–Kier alpha value is -2.36. The van der Waals surface area contributed by atoms with Crippen LogP contribution in [0.5, 0.6) is 5.75 Å². The zero-order chi connectivity index (χ0) is 11.8. The van der Waals surface area contributed by atoms with Crippen molar-refractivity contribution in [2.45, 2.75) is 0 Å². The Morgan fingerprint density at radius 2 is 1.62 bits per heavy atom. The summed E-state index contributed by atoms with van der Waals surface area (Å²) in [5.41, 5.74) is -0.0671. The normalized spacial score (nSPS) is 8.75. The van der Waals surface area contributed by atoms with Gasteiger partial charge in [-0.05, 0) is 24.3 Å². The lowest BCUT2D eigenvalue weighted by atomic mass is 10.2. The van der Waals surface area contributed by atoms with Crippen molar-refractivity contribution in [3.8, 4) is 5.75 Å². The van der Waals surface area contributed by atoms with Crippen molar-refractivity contribution in [2.75, 3.05) is 0 Å². The van der Waals surface area contributed by atoms with E-state index in [0.29, 0.717) is 0 Å². The molecule has 82 valence electrons. The van der Waals surface area contributed by atoms with Gasteiger partial charge in [-0.3, -0.25) is 4.98 Å². The minimum Gasteiger partial charge on any atom is -0.507 e. The Kier molecular flexibility index (Phi) is 4.53. The number of aromatic nitrogens is 1. The van der Waals surface area contributed by atoms with Crippen LogP contribution in [0.3, 0.4) is 0 Å². The van der Waals surface area contributed by atoms with Gasteiger partial charge in [0.05, 0.1) is 0 Å². The van der Waals surface area contributed by atoms with Crippen LogP contribution in [0, 0.1) is 0 Å². The zero-order valence-electron chi connectivity index (χ0n) is 8.45. The summed E-state index contributed by atoms with van der Waals surface area (Å²) in [6, 6.07) is 11.5. The number of benzene rings is 1. The molecule has 0 saturated carbocycles. The van der Waals surface area contributed by atoms with Crippen LogP contribution in [-0.2, 0) is 0 Å². The average molecular weight is 217 g/mol. The molecule has 0 atom stereocenters. The number of rotatable bonds is 1. The van der Waals surface area contributed by atoms with Gasteiger partial charge in [0.25, 0.3) is 0 Å². The first kappa shape index (κ1) is 11.7. The number of aromatic carboxylic acids is 1. The summed E-state index contributed by atoms with van der Waals surface area (Å²) in [5, 5.41) is 17.3. The molecule has 0 amide bonds. The maximum atomic E-state index is 10.3. The van der Waals surface area contributed by atoms with E-state index in [2.05, 4.69) is 4.98 Å². The number of pyridine rings is 1. The van der Waals surface area contributed by atoms with E-state index >= 15 is 0 Å². The Balaban J connectivity index is 0.000000181. The molecule has 2 rings (SSSR count). The molecule has 1 heterocycles. The summed E-state index contributed by atoms with van der Waals surface area (Å²) < 4.78 is 0. The number of aromatic hydroxyl groups is 1. The molecule has 4 heteroatoms. The van der Waals surface area contributed by atoms with E-state index in [1.165, 1.54) is 12.1 Å². The standard InChI is InChI=1S/C7H6O3.C5H5N/c8-6-4-2-1-3-5(6)7(9)10;1-2-4-6-5-3-1/h1-4,8H,(H,9,10);1-5H. The lowest BCUT2D eigenvalue weighted by molar-refractivity contribution is 0.0694. The van der Waals surface area contributed by atoms with Crippen LogP contribution < -0.4 is 0 Å². The number of carboxylic acids is 1. The highest BCUT2D eigenvalue weighted by Gasteiger charge is 2.05. The molecule has 0 aliphatic carbocycles. The van der Waals surface area contributed by atoms with Crippen molar-refractivity contribution in [1.82, 2.24) is 4.98 Å². The van der Waals surface area contributed by atoms with Gasteiger partial charge >= 0.3 is 5.97 Å². The highest BCUT2D eigenvalue weighted by atomic mass is 16.4. The summed E-state index contributed by atoms with van der Waals surface area (Å²) in [6.07, 6.45) is 3.50. The monoisotopic (exact) mass is 217 g/mol. The van der Waals surface area contributed by atoms with Gasteiger partial charge in [0.2, 0.25) is 0 Å². The van der Waals surface area contributed by atoms with Crippen LogP contribution in [-0.4, -0.2) is 21.2 Å². The van der Waals surface area contributed by atoms with Gasteiger partial charge in [0, 0.05) is 12.4 Å². The first-order valence-corrected chi connectivity index (χ1v) is 4.58. The summed E-state index contributed by atoms with van der Waals surface area (Å²) in [7, 11) is 0. The number of hydrogen-bond donors (Lipinski definition) is 2. The van der Waals surface area contributed by atoms with Gasteiger partial charge in [-0.25, -0.2) is 4.79 Å². The molecule has 16 heavy (non-hydrogen) atoms. The summed E-state index contributed by atoms with van der Waals surface area (Å²) in [5.74, 6) is -1.31. The van der Waals surface area contributed by atoms with Crippen LogP contribution in [0.1, 0.15) is 10.4 Å². The van der Waals surface area contributed by atoms with Crippen LogP contribution in [0.15, 0.2) is 54.9 Å². The van der Waals surface area contributed by atoms with Crippen molar-refractivity contribution in [3.63, 3.8) is 0 Å². The second-order valence-electron chi connectivity index (χ2n) is 2.85. The van der Waals surface area contributed by atoms with E-state index in [-0.39, 0.29) is 11.3 Å². The van der Waals surface area contributed by atoms with Gasteiger partial charge in [0.1, 0.15) is 11.3 Å². The molecule has 0 aliphatic rings. The predicted molar refractivity (Wildman–Crippen MR) is 59.3 cm³/mol. The smallest absolute Gasteiger partial charge is 0.339 e. The molecule has 0 fully saturated rings. The number of carbonyl (C=O) groups is 1. The van der Waals surface area contributed by atoms with Crippen molar-refractivity contribution >= 4 is 5.97 Å². The Morgan fingerprint density at radius 1 is 1.00 bits per heavy atom. The molecular weight excluding hydrogens is 206 g/mol. The number of phenols is 1. The first-order valence-electron chi connectivity index (χ1n) is 4.58. The van der Waals surface area contributed by atoms with E-state index in [1.807, 2.05) is 18.2 Å². The minimum atomic E-state index is -1.11. The van der Waals surface area contributed by atoms with E-state index in [1.54, 1.807) is 24.5 Å². The Bertz CT molecular complexity index is 416. The van der Waals surface area contributed by atoms with Gasteiger partial charge in [0.15, 0.2) is 0 Å². The molecular formula is C12H11NO3. The van der Waals surface area contributed by atoms with Crippen molar-refractivity contribution < 1.29 is 15.0 Å². The quantitative estimate of drug-likeness (QED) is 0.768. The fourth-order valence-electron chi connectivity index (χ4n) is 0.967. The number of para-hydroxylation sites is 1. The Morgan fingerprint density at radius 3 is 1.94 bits per heavy atom. The fraction of sp³-hybridized carbons (Fsp3) is 0. The molecule has 0 spiro atoms. The maximum Gasteiger partial charge on any atom is 0.339 e. The molecule has 0 unspecified atom stereocenters. The fourth-order valence-corrected chi connectivity index (χ4v) is 0.967. The number of carboxylic acid groups (broad SMARTS) is 1. The van der Waals surface area contributed by atoms with Crippen LogP contribution in [0.25, 0.3) is 0 Å².